The minimum absolute atomic E-state index is 0.812. The molecule has 0 radical (unpaired) electrons. The van der Waals surface area contributed by atoms with Gasteiger partial charge in [0.2, 0.25) is 0 Å². The second-order valence-corrected chi connectivity index (χ2v) is 4.18. The van der Waals surface area contributed by atoms with Crippen LogP contribution in [0.5, 0.6) is 0 Å². The van der Waals surface area contributed by atoms with Crippen molar-refractivity contribution in [1.82, 2.24) is 0 Å². The lowest BCUT2D eigenvalue weighted by molar-refractivity contribution is 1.13. The van der Waals surface area contributed by atoms with Crippen molar-refractivity contribution in [3.05, 3.63) is 53.6 Å². The normalized spacial score (nSPS) is 10.4. The molecule has 2 N–H and O–H groups in total. The van der Waals surface area contributed by atoms with Gasteiger partial charge in [0, 0.05) is 5.69 Å². The highest BCUT2D eigenvalue weighted by Gasteiger charge is 2.00. The monoisotopic (exact) mass is 211 g/mol. The molecule has 2 aromatic carbocycles. The maximum atomic E-state index is 5.69. The van der Waals surface area contributed by atoms with E-state index >= 15 is 0 Å². The lowest BCUT2D eigenvalue weighted by Gasteiger charge is -2.07. The number of nitrogens with two attached hydrogens (primary N) is 1. The first-order valence-corrected chi connectivity index (χ1v) is 5.65. The minimum Gasteiger partial charge on any atom is -0.399 e. The summed E-state index contributed by atoms with van der Waals surface area (Å²) in [5.41, 5.74) is 11.7. The SMILES string of the molecule is CCc1cc(C)cc(-c2ccc(N)cc2)c1. The summed E-state index contributed by atoms with van der Waals surface area (Å²) in [6, 6.07) is 14.7. The van der Waals surface area contributed by atoms with E-state index in [-0.39, 0.29) is 0 Å². The van der Waals surface area contributed by atoms with Crippen LogP contribution in [0.2, 0.25) is 0 Å². The number of benzene rings is 2. The average molecular weight is 211 g/mol. The van der Waals surface area contributed by atoms with Crippen LogP contribution < -0.4 is 5.73 Å². The van der Waals surface area contributed by atoms with Crippen molar-refractivity contribution >= 4 is 5.69 Å². The zero-order valence-corrected chi connectivity index (χ0v) is 9.83. The molecule has 2 rings (SSSR count). The Bertz CT molecular complexity index is 483. The van der Waals surface area contributed by atoms with Gasteiger partial charge >= 0.3 is 0 Å². The Morgan fingerprint density at radius 2 is 1.62 bits per heavy atom. The van der Waals surface area contributed by atoms with Gasteiger partial charge < -0.3 is 5.73 Å². The molecular weight excluding hydrogens is 194 g/mol. The topological polar surface area (TPSA) is 26.0 Å². The smallest absolute Gasteiger partial charge is 0.0314 e. The Morgan fingerprint density at radius 1 is 0.938 bits per heavy atom. The van der Waals surface area contributed by atoms with Gasteiger partial charge in [-0.2, -0.15) is 0 Å². The number of rotatable bonds is 2. The van der Waals surface area contributed by atoms with E-state index in [1.165, 1.54) is 22.3 Å². The van der Waals surface area contributed by atoms with Gasteiger partial charge in [-0.15, -0.1) is 0 Å². The Kier molecular flexibility index (Phi) is 2.95. The average Bonchev–Trinajstić information content (AvgIpc) is 2.29. The van der Waals surface area contributed by atoms with Crippen LogP contribution >= 0.6 is 0 Å². The molecule has 0 aromatic heterocycles. The Hall–Kier alpha value is -1.76. The molecule has 0 atom stereocenters. The zero-order chi connectivity index (χ0) is 11.5. The van der Waals surface area contributed by atoms with Crippen molar-refractivity contribution in [2.24, 2.45) is 0 Å². The largest absolute Gasteiger partial charge is 0.399 e. The van der Waals surface area contributed by atoms with Crippen LogP contribution in [-0.2, 0) is 6.42 Å². The molecule has 0 bridgehead atoms. The molecule has 0 aliphatic carbocycles. The van der Waals surface area contributed by atoms with E-state index in [1.807, 2.05) is 12.1 Å². The predicted octanol–water partition coefficient (Wildman–Crippen LogP) is 3.81. The molecule has 16 heavy (non-hydrogen) atoms. The molecule has 0 fully saturated rings. The van der Waals surface area contributed by atoms with E-state index in [1.54, 1.807) is 0 Å². The fraction of sp³-hybridized carbons (Fsp3) is 0.200. The van der Waals surface area contributed by atoms with Crippen LogP contribution in [0.15, 0.2) is 42.5 Å². The summed E-state index contributed by atoms with van der Waals surface area (Å²) in [6.07, 6.45) is 1.07. The summed E-state index contributed by atoms with van der Waals surface area (Å²) >= 11 is 0. The zero-order valence-electron chi connectivity index (χ0n) is 9.83. The van der Waals surface area contributed by atoms with Crippen LogP contribution in [0.3, 0.4) is 0 Å². The van der Waals surface area contributed by atoms with Gasteiger partial charge in [-0.3, -0.25) is 0 Å². The molecular formula is C15H17N. The Labute approximate surface area is 96.9 Å². The first kappa shape index (κ1) is 10.7. The summed E-state index contributed by atoms with van der Waals surface area (Å²) in [6.45, 7) is 4.32. The quantitative estimate of drug-likeness (QED) is 0.751. The van der Waals surface area contributed by atoms with E-state index < -0.39 is 0 Å². The second-order valence-electron chi connectivity index (χ2n) is 4.18. The lowest BCUT2D eigenvalue weighted by Crippen LogP contribution is -1.87. The molecule has 0 spiro atoms. The van der Waals surface area contributed by atoms with Gasteiger partial charge in [0.25, 0.3) is 0 Å². The third kappa shape index (κ3) is 2.25. The fourth-order valence-corrected chi connectivity index (χ4v) is 1.91. The van der Waals surface area contributed by atoms with Gasteiger partial charge in [-0.1, -0.05) is 42.8 Å². The fourth-order valence-electron chi connectivity index (χ4n) is 1.91. The summed E-state index contributed by atoms with van der Waals surface area (Å²) < 4.78 is 0. The maximum Gasteiger partial charge on any atom is 0.0314 e. The number of anilines is 1. The molecule has 0 saturated heterocycles. The molecule has 0 aliphatic heterocycles. The van der Waals surface area contributed by atoms with Crippen molar-refractivity contribution in [3.8, 4) is 11.1 Å². The molecule has 1 nitrogen and oxygen atoms in total. The van der Waals surface area contributed by atoms with Gasteiger partial charge in [0.1, 0.15) is 0 Å². The van der Waals surface area contributed by atoms with Crippen LogP contribution in [0, 0.1) is 6.92 Å². The lowest BCUT2D eigenvalue weighted by atomic mass is 9.99. The summed E-state index contributed by atoms with van der Waals surface area (Å²) in [4.78, 5) is 0. The predicted molar refractivity (Wildman–Crippen MR) is 70.4 cm³/mol. The summed E-state index contributed by atoms with van der Waals surface area (Å²) in [5.74, 6) is 0. The van der Waals surface area contributed by atoms with E-state index in [2.05, 4.69) is 44.2 Å². The number of hydrogen-bond donors (Lipinski definition) is 1. The highest BCUT2D eigenvalue weighted by Crippen LogP contribution is 2.23. The van der Waals surface area contributed by atoms with Crippen molar-refractivity contribution in [2.75, 3.05) is 5.73 Å². The number of hydrogen-bond acceptors (Lipinski definition) is 1. The first-order chi connectivity index (χ1) is 7.69. The van der Waals surface area contributed by atoms with Crippen molar-refractivity contribution < 1.29 is 0 Å². The second kappa shape index (κ2) is 4.40. The number of nitrogen functional groups attached to an aromatic ring is 1. The molecule has 2 aromatic rings. The van der Waals surface area contributed by atoms with Crippen molar-refractivity contribution in [2.45, 2.75) is 20.3 Å². The molecule has 82 valence electrons. The van der Waals surface area contributed by atoms with Gasteiger partial charge in [0.15, 0.2) is 0 Å². The van der Waals surface area contributed by atoms with Crippen LogP contribution in [0.25, 0.3) is 11.1 Å². The molecule has 0 amide bonds. The van der Waals surface area contributed by atoms with Crippen LogP contribution in [0.4, 0.5) is 5.69 Å². The van der Waals surface area contributed by atoms with E-state index in [9.17, 15) is 0 Å². The highest BCUT2D eigenvalue weighted by atomic mass is 14.5. The Balaban J connectivity index is 2.47. The van der Waals surface area contributed by atoms with Crippen molar-refractivity contribution in [1.29, 1.82) is 0 Å². The standard InChI is InChI=1S/C15H17N/c1-3-12-8-11(2)9-14(10-12)13-4-6-15(16)7-5-13/h4-10H,3,16H2,1-2H3. The molecule has 0 heterocycles. The third-order valence-electron chi connectivity index (χ3n) is 2.79. The number of aryl methyl sites for hydroxylation is 2. The third-order valence-corrected chi connectivity index (χ3v) is 2.79. The van der Waals surface area contributed by atoms with Crippen molar-refractivity contribution in [3.63, 3.8) is 0 Å². The minimum atomic E-state index is 0.812. The van der Waals surface area contributed by atoms with E-state index in [0.29, 0.717) is 0 Å². The van der Waals surface area contributed by atoms with E-state index in [0.717, 1.165) is 12.1 Å². The van der Waals surface area contributed by atoms with Gasteiger partial charge in [-0.05, 0) is 42.2 Å². The van der Waals surface area contributed by atoms with Gasteiger partial charge in [-0.25, -0.2) is 0 Å². The molecule has 0 saturated carbocycles. The molecule has 0 unspecified atom stereocenters. The van der Waals surface area contributed by atoms with Crippen LogP contribution in [-0.4, -0.2) is 0 Å². The molecule has 1 heteroatoms. The van der Waals surface area contributed by atoms with Gasteiger partial charge in [0.05, 0.1) is 0 Å². The first-order valence-electron chi connectivity index (χ1n) is 5.65. The maximum absolute atomic E-state index is 5.69. The van der Waals surface area contributed by atoms with Crippen LogP contribution in [0.1, 0.15) is 18.1 Å². The van der Waals surface area contributed by atoms with E-state index in [4.69, 9.17) is 5.73 Å². The molecule has 0 aliphatic rings. The Morgan fingerprint density at radius 3 is 2.25 bits per heavy atom. The summed E-state index contributed by atoms with van der Waals surface area (Å²) in [7, 11) is 0. The summed E-state index contributed by atoms with van der Waals surface area (Å²) in [5, 5.41) is 0. The highest BCUT2D eigenvalue weighted by molar-refractivity contribution is 5.67.